The van der Waals surface area contributed by atoms with Crippen LogP contribution in [0.3, 0.4) is 0 Å². The lowest BCUT2D eigenvalue weighted by molar-refractivity contribution is 0.0302. The van der Waals surface area contributed by atoms with Crippen molar-refractivity contribution in [2.24, 2.45) is 5.92 Å². The molecule has 0 saturated carbocycles. The Morgan fingerprint density at radius 2 is 1.82 bits per heavy atom. The topological polar surface area (TPSA) is 81.5 Å². The van der Waals surface area contributed by atoms with Crippen molar-refractivity contribution < 1.29 is 19.4 Å². The van der Waals surface area contributed by atoms with Gasteiger partial charge in [0.25, 0.3) is 0 Å². The maximum absolute atomic E-state index is 13.0. The van der Waals surface area contributed by atoms with Gasteiger partial charge in [-0.25, -0.2) is 4.79 Å². The highest BCUT2D eigenvalue weighted by molar-refractivity contribution is 5.89. The molecule has 6 heteroatoms. The van der Waals surface area contributed by atoms with E-state index in [4.69, 9.17) is 14.6 Å². The van der Waals surface area contributed by atoms with Crippen molar-refractivity contribution in [2.75, 3.05) is 13.2 Å². The number of para-hydroxylation sites is 1. The number of aliphatic hydroxyl groups is 1. The number of hydrogen-bond acceptors (Lipinski definition) is 6. The third-order valence-electron chi connectivity index (χ3n) is 6.24. The van der Waals surface area contributed by atoms with Crippen LogP contribution in [0.25, 0.3) is 16.5 Å². The molecule has 2 aromatic heterocycles. The van der Waals surface area contributed by atoms with E-state index in [0.717, 1.165) is 33.2 Å². The molecule has 2 aromatic carbocycles. The van der Waals surface area contributed by atoms with Crippen molar-refractivity contribution in [2.45, 2.75) is 26.4 Å². The number of hydrogen-bond donors (Lipinski definition) is 1. The van der Waals surface area contributed by atoms with Gasteiger partial charge in [0, 0.05) is 36.0 Å². The number of esters is 1. The number of allylic oxidation sites excluding steroid dienone is 2. The Morgan fingerprint density at radius 1 is 1.03 bits per heavy atom. The van der Waals surface area contributed by atoms with Crippen LogP contribution in [0, 0.1) is 5.92 Å². The third kappa shape index (κ3) is 6.72. The number of carbonyl (C=O) groups excluding carboxylic acids is 1. The molecule has 0 fully saturated rings. The van der Waals surface area contributed by atoms with Crippen LogP contribution >= 0.6 is 0 Å². The molecule has 0 amide bonds. The number of aliphatic hydroxyl groups excluding tert-OH is 1. The second-order valence-corrected chi connectivity index (χ2v) is 9.22. The number of nitrogens with zero attached hydrogens (tertiary/aromatic N) is 2. The minimum atomic E-state index is -0.586. The van der Waals surface area contributed by atoms with Gasteiger partial charge in [-0.3, -0.25) is 9.97 Å². The van der Waals surface area contributed by atoms with E-state index < -0.39 is 12.1 Å². The van der Waals surface area contributed by atoms with Crippen LogP contribution in [-0.4, -0.2) is 34.3 Å². The molecule has 2 heterocycles. The first-order chi connectivity index (χ1) is 18.5. The Morgan fingerprint density at radius 3 is 2.58 bits per heavy atom. The Labute approximate surface area is 223 Å². The van der Waals surface area contributed by atoms with Gasteiger partial charge in [0.2, 0.25) is 0 Å². The predicted molar refractivity (Wildman–Crippen MR) is 150 cm³/mol. The number of aromatic nitrogens is 2. The van der Waals surface area contributed by atoms with Crippen LogP contribution in [0.15, 0.2) is 104 Å². The summed E-state index contributed by atoms with van der Waals surface area (Å²) in [6.45, 7) is 8.66. The summed E-state index contributed by atoms with van der Waals surface area (Å²) < 4.78 is 11.6. The summed E-state index contributed by atoms with van der Waals surface area (Å²) >= 11 is 0. The lowest BCUT2D eigenvalue weighted by Crippen LogP contribution is -2.12. The van der Waals surface area contributed by atoms with Crippen LogP contribution < -0.4 is 4.74 Å². The molecule has 4 aromatic rings. The van der Waals surface area contributed by atoms with E-state index in [9.17, 15) is 4.79 Å². The average molecular weight is 509 g/mol. The number of carbonyl (C=O) groups is 1. The molecule has 0 saturated heterocycles. The zero-order valence-corrected chi connectivity index (χ0v) is 21.7. The Kier molecular flexibility index (Phi) is 9.01. The molecule has 0 spiro atoms. The summed E-state index contributed by atoms with van der Waals surface area (Å²) in [5.74, 6) is 0.362. The Balaban J connectivity index is 1.71. The highest BCUT2D eigenvalue weighted by Gasteiger charge is 2.20. The number of fused-ring (bicyclic) bond motifs is 1. The van der Waals surface area contributed by atoms with Gasteiger partial charge in [0.05, 0.1) is 17.7 Å². The standard InChI is InChI=1S/C32H32N2O4/c1-22(2)23(3)29(27-19-25-7-4-5-10-30(25)34-21-27)11-12-31(38-32(36)24-13-15-33-16-14-24)26-8-6-9-28(20-26)37-18-17-35/h4-11,13-16,19-22,31,35H,3,12,17-18H2,1-2H3/b29-11-/t31-/m0/s1. The largest absolute Gasteiger partial charge is 0.491 e. The van der Waals surface area contributed by atoms with E-state index in [1.165, 1.54) is 0 Å². The fourth-order valence-corrected chi connectivity index (χ4v) is 4.09. The van der Waals surface area contributed by atoms with Crippen molar-refractivity contribution in [1.29, 1.82) is 0 Å². The average Bonchev–Trinajstić information content (AvgIpc) is 2.95. The van der Waals surface area contributed by atoms with Crippen LogP contribution in [-0.2, 0) is 4.74 Å². The highest BCUT2D eigenvalue weighted by Crippen LogP contribution is 2.33. The molecule has 0 bridgehead atoms. The lowest BCUT2D eigenvalue weighted by Gasteiger charge is -2.20. The maximum Gasteiger partial charge on any atom is 0.338 e. The predicted octanol–water partition coefficient (Wildman–Crippen LogP) is 6.58. The van der Waals surface area contributed by atoms with E-state index in [1.54, 1.807) is 24.5 Å². The van der Waals surface area contributed by atoms with Gasteiger partial charge in [-0.2, -0.15) is 0 Å². The van der Waals surface area contributed by atoms with Crippen molar-refractivity contribution in [1.82, 2.24) is 9.97 Å². The Hall–Kier alpha value is -4.29. The fraction of sp³-hybridized carbons (Fsp3) is 0.219. The minimum absolute atomic E-state index is 0.0894. The second kappa shape index (κ2) is 12.8. The first-order valence-corrected chi connectivity index (χ1v) is 12.7. The highest BCUT2D eigenvalue weighted by atomic mass is 16.5. The van der Waals surface area contributed by atoms with Crippen LogP contribution in [0.2, 0.25) is 0 Å². The molecule has 0 aliphatic rings. The third-order valence-corrected chi connectivity index (χ3v) is 6.24. The second-order valence-electron chi connectivity index (χ2n) is 9.22. The van der Waals surface area contributed by atoms with E-state index in [2.05, 4.69) is 42.5 Å². The van der Waals surface area contributed by atoms with Gasteiger partial charge in [-0.05, 0) is 59.0 Å². The fourth-order valence-electron chi connectivity index (χ4n) is 4.09. The Bertz CT molecular complexity index is 1430. The SMILES string of the molecule is C=C(/C(=C/C[C@H](OC(=O)c1ccncc1)c1cccc(OCCO)c1)c1cnc2ccccc2c1)C(C)C. The number of rotatable bonds is 11. The van der Waals surface area contributed by atoms with Gasteiger partial charge in [0.1, 0.15) is 18.5 Å². The quantitative estimate of drug-likeness (QED) is 0.182. The van der Waals surface area contributed by atoms with Crippen molar-refractivity contribution in [3.05, 3.63) is 120 Å². The molecule has 0 unspecified atom stereocenters. The van der Waals surface area contributed by atoms with Crippen molar-refractivity contribution in [3.63, 3.8) is 0 Å². The van der Waals surface area contributed by atoms with Gasteiger partial charge < -0.3 is 14.6 Å². The monoisotopic (exact) mass is 508 g/mol. The molecule has 4 rings (SSSR count). The molecule has 0 aliphatic heterocycles. The van der Waals surface area contributed by atoms with Gasteiger partial charge in [0.15, 0.2) is 0 Å². The summed E-state index contributed by atoms with van der Waals surface area (Å²) in [7, 11) is 0. The molecule has 38 heavy (non-hydrogen) atoms. The maximum atomic E-state index is 13.0. The number of pyridine rings is 2. The van der Waals surface area contributed by atoms with E-state index in [-0.39, 0.29) is 19.1 Å². The van der Waals surface area contributed by atoms with Gasteiger partial charge in [-0.1, -0.05) is 56.8 Å². The number of benzene rings is 2. The van der Waals surface area contributed by atoms with Crippen LogP contribution in [0.5, 0.6) is 5.75 Å². The van der Waals surface area contributed by atoms with Gasteiger partial charge in [-0.15, -0.1) is 0 Å². The minimum Gasteiger partial charge on any atom is -0.491 e. The van der Waals surface area contributed by atoms with Gasteiger partial charge >= 0.3 is 5.97 Å². The molecule has 1 N–H and O–H groups in total. The summed E-state index contributed by atoms with van der Waals surface area (Å²) in [4.78, 5) is 21.7. The zero-order chi connectivity index (χ0) is 26.9. The van der Waals surface area contributed by atoms with Crippen molar-refractivity contribution in [3.8, 4) is 5.75 Å². The molecular weight excluding hydrogens is 476 g/mol. The van der Waals surface area contributed by atoms with E-state index in [0.29, 0.717) is 17.7 Å². The molecule has 194 valence electrons. The van der Waals surface area contributed by atoms with E-state index >= 15 is 0 Å². The van der Waals surface area contributed by atoms with Crippen LogP contribution in [0.4, 0.5) is 0 Å². The lowest BCUT2D eigenvalue weighted by atomic mass is 9.90. The summed E-state index contributed by atoms with van der Waals surface area (Å²) in [5.41, 5.74) is 5.03. The number of ether oxygens (including phenoxy) is 2. The molecule has 0 radical (unpaired) electrons. The summed E-state index contributed by atoms with van der Waals surface area (Å²) in [6, 6.07) is 20.8. The zero-order valence-electron chi connectivity index (χ0n) is 21.7. The first kappa shape index (κ1) is 26.8. The molecular formula is C32H32N2O4. The summed E-state index contributed by atoms with van der Waals surface area (Å²) in [6.07, 6.45) is 6.88. The van der Waals surface area contributed by atoms with Crippen LogP contribution in [0.1, 0.15) is 47.9 Å². The smallest absolute Gasteiger partial charge is 0.338 e. The molecule has 6 nitrogen and oxygen atoms in total. The summed E-state index contributed by atoms with van der Waals surface area (Å²) in [5, 5.41) is 10.2. The van der Waals surface area contributed by atoms with Crippen molar-refractivity contribution >= 4 is 22.4 Å². The molecule has 1 atom stereocenters. The van der Waals surface area contributed by atoms with E-state index in [1.807, 2.05) is 54.7 Å². The first-order valence-electron chi connectivity index (χ1n) is 12.7. The normalized spacial score (nSPS) is 12.4. The molecule has 0 aliphatic carbocycles.